The number of benzene rings is 1. The summed E-state index contributed by atoms with van der Waals surface area (Å²) in [6.07, 6.45) is 3.93. The highest BCUT2D eigenvalue weighted by Gasteiger charge is 2.52. The van der Waals surface area contributed by atoms with Crippen LogP contribution in [0, 0.1) is 5.41 Å². The maximum absolute atomic E-state index is 12.4. The quantitative estimate of drug-likeness (QED) is 0.757. The van der Waals surface area contributed by atoms with Crippen molar-refractivity contribution >= 4 is 33.2 Å². The Morgan fingerprint density at radius 3 is 2.45 bits per heavy atom. The van der Waals surface area contributed by atoms with Crippen molar-refractivity contribution in [2.75, 3.05) is 44.9 Å². The van der Waals surface area contributed by atoms with E-state index in [2.05, 4.69) is 10.2 Å². The van der Waals surface area contributed by atoms with E-state index in [1.807, 2.05) is 13.8 Å². The number of nitrogens with zero attached hydrogens (tertiary/aromatic N) is 2. The zero-order valence-corrected chi connectivity index (χ0v) is 19.1. The van der Waals surface area contributed by atoms with E-state index in [4.69, 9.17) is 16.3 Å². The number of carbonyl (C=O) groups excluding carboxylic acids is 1. The van der Waals surface area contributed by atoms with E-state index < -0.39 is 10.0 Å². The Balaban J connectivity index is 1.55. The van der Waals surface area contributed by atoms with Gasteiger partial charge in [-0.05, 0) is 69.8 Å². The van der Waals surface area contributed by atoms with Gasteiger partial charge in [-0.1, -0.05) is 11.6 Å². The number of halogens is 1. The molecule has 0 unspecified atom stereocenters. The SMILES string of the molecule is COc1ccc(NC(=O)CN2CCC3(CC2)CN(S(C)(=O)=O)C(C)(C)C3)cc1Cl. The van der Waals surface area contributed by atoms with Crippen LogP contribution in [0.3, 0.4) is 0 Å². The predicted molar refractivity (Wildman–Crippen MR) is 115 cm³/mol. The van der Waals surface area contributed by atoms with Crippen LogP contribution in [-0.4, -0.2) is 68.6 Å². The third kappa shape index (κ3) is 5.05. The summed E-state index contributed by atoms with van der Waals surface area (Å²) < 4.78 is 31.1. The van der Waals surface area contributed by atoms with Crippen molar-refractivity contribution in [1.82, 2.24) is 9.21 Å². The van der Waals surface area contributed by atoms with Crippen LogP contribution in [0.1, 0.15) is 33.1 Å². The first-order chi connectivity index (χ1) is 13.4. The second-order valence-electron chi connectivity index (χ2n) is 8.93. The highest BCUT2D eigenvalue weighted by atomic mass is 35.5. The number of likely N-dealkylation sites (tertiary alicyclic amines) is 1. The summed E-state index contributed by atoms with van der Waals surface area (Å²) >= 11 is 6.11. The highest BCUT2D eigenvalue weighted by molar-refractivity contribution is 7.88. The third-order valence-corrected chi connectivity index (χ3v) is 7.80. The number of methoxy groups -OCH3 is 1. The number of sulfonamides is 1. The van der Waals surface area contributed by atoms with Crippen LogP contribution >= 0.6 is 11.6 Å². The van der Waals surface area contributed by atoms with Crippen molar-refractivity contribution in [3.63, 3.8) is 0 Å². The molecule has 2 heterocycles. The summed E-state index contributed by atoms with van der Waals surface area (Å²) in [4.78, 5) is 14.6. The fourth-order valence-corrected chi connectivity index (χ4v) is 6.54. The highest BCUT2D eigenvalue weighted by Crippen LogP contribution is 2.48. The van der Waals surface area contributed by atoms with Crippen LogP contribution < -0.4 is 10.1 Å². The number of anilines is 1. The van der Waals surface area contributed by atoms with Gasteiger partial charge < -0.3 is 10.1 Å². The minimum Gasteiger partial charge on any atom is -0.495 e. The largest absolute Gasteiger partial charge is 0.495 e. The lowest BCUT2D eigenvalue weighted by atomic mass is 9.74. The van der Waals surface area contributed by atoms with Crippen molar-refractivity contribution in [2.24, 2.45) is 5.41 Å². The average Bonchev–Trinajstić information content (AvgIpc) is 2.88. The van der Waals surface area contributed by atoms with E-state index in [0.29, 0.717) is 29.5 Å². The molecule has 0 aromatic heterocycles. The number of amides is 1. The number of hydrogen-bond donors (Lipinski definition) is 1. The molecule has 2 aliphatic rings. The Morgan fingerprint density at radius 2 is 1.93 bits per heavy atom. The summed E-state index contributed by atoms with van der Waals surface area (Å²) in [6.45, 7) is 6.45. The van der Waals surface area contributed by atoms with Crippen LogP contribution in [0.5, 0.6) is 5.75 Å². The Kier molecular flexibility index (Phi) is 6.21. The van der Waals surface area contributed by atoms with E-state index in [-0.39, 0.29) is 16.9 Å². The molecule has 1 amide bonds. The summed E-state index contributed by atoms with van der Waals surface area (Å²) in [5.41, 5.74) is 0.278. The number of ether oxygens (including phenoxy) is 1. The van der Waals surface area contributed by atoms with Crippen molar-refractivity contribution < 1.29 is 17.9 Å². The molecule has 1 aromatic rings. The van der Waals surface area contributed by atoms with E-state index >= 15 is 0 Å². The van der Waals surface area contributed by atoms with Crippen LogP contribution in [0.2, 0.25) is 5.02 Å². The first kappa shape index (κ1) is 22.3. The van der Waals surface area contributed by atoms with Gasteiger partial charge in [0, 0.05) is 17.8 Å². The van der Waals surface area contributed by atoms with Gasteiger partial charge in [-0.3, -0.25) is 9.69 Å². The number of nitrogens with one attached hydrogen (secondary N) is 1. The van der Waals surface area contributed by atoms with Gasteiger partial charge in [0.2, 0.25) is 15.9 Å². The molecule has 3 rings (SSSR count). The molecule has 0 bridgehead atoms. The maximum Gasteiger partial charge on any atom is 0.238 e. The molecule has 2 aliphatic heterocycles. The van der Waals surface area contributed by atoms with Gasteiger partial charge in [0.15, 0.2) is 0 Å². The molecule has 162 valence electrons. The maximum atomic E-state index is 12.4. The number of carbonyl (C=O) groups is 1. The standard InChI is InChI=1S/C20H30ClN3O4S/c1-19(2)13-20(14-24(19)29(4,26)27)7-9-23(10-8-20)12-18(25)22-15-5-6-17(28-3)16(21)11-15/h5-6,11H,7-10,12-14H2,1-4H3,(H,22,25). The monoisotopic (exact) mass is 443 g/mol. The lowest BCUT2D eigenvalue weighted by Crippen LogP contribution is -2.45. The number of piperidine rings is 1. The second-order valence-corrected chi connectivity index (χ2v) is 11.2. The molecule has 2 fully saturated rings. The Hall–Kier alpha value is -1.35. The molecule has 29 heavy (non-hydrogen) atoms. The molecule has 9 heteroatoms. The Morgan fingerprint density at radius 1 is 1.28 bits per heavy atom. The van der Waals surface area contributed by atoms with Gasteiger partial charge in [-0.2, -0.15) is 4.31 Å². The number of hydrogen-bond acceptors (Lipinski definition) is 5. The third-order valence-electron chi connectivity index (χ3n) is 6.08. The van der Waals surface area contributed by atoms with Crippen LogP contribution in [0.4, 0.5) is 5.69 Å². The minimum absolute atomic E-state index is 0.00304. The topological polar surface area (TPSA) is 79.0 Å². The fourth-order valence-electron chi connectivity index (χ4n) is 4.81. The molecular weight excluding hydrogens is 414 g/mol. The van der Waals surface area contributed by atoms with Gasteiger partial charge in [-0.25, -0.2) is 8.42 Å². The van der Waals surface area contributed by atoms with Crippen LogP contribution in [0.25, 0.3) is 0 Å². The molecule has 0 radical (unpaired) electrons. The fraction of sp³-hybridized carbons (Fsp3) is 0.650. The molecule has 7 nitrogen and oxygen atoms in total. The summed E-state index contributed by atoms with van der Waals surface area (Å²) in [7, 11) is -1.68. The minimum atomic E-state index is -3.23. The Bertz CT molecular complexity index is 880. The van der Waals surface area contributed by atoms with Crippen molar-refractivity contribution in [1.29, 1.82) is 0 Å². The molecule has 1 aromatic carbocycles. The van der Waals surface area contributed by atoms with E-state index in [0.717, 1.165) is 32.4 Å². The molecule has 2 saturated heterocycles. The second kappa shape index (κ2) is 8.06. The van der Waals surface area contributed by atoms with Crippen molar-refractivity contribution in [2.45, 2.75) is 38.6 Å². The lowest BCUT2D eigenvalue weighted by molar-refractivity contribution is -0.117. The molecular formula is C20H30ClN3O4S. The van der Waals surface area contributed by atoms with Crippen LogP contribution in [0.15, 0.2) is 18.2 Å². The molecule has 1 spiro atoms. The van der Waals surface area contributed by atoms with Crippen molar-refractivity contribution in [3.05, 3.63) is 23.2 Å². The zero-order chi connectivity index (χ0) is 21.4. The molecule has 0 aliphatic carbocycles. The summed E-state index contributed by atoms with van der Waals surface area (Å²) in [5, 5.41) is 3.32. The van der Waals surface area contributed by atoms with Gasteiger partial charge >= 0.3 is 0 Å². The van der Waals surface area contributed by atoms with Gasteiger partial charge in [0.1, 0.15) is 5.75 Å². The lowest BCUT2D eigenvalue weighted by Gasteiger charge is -2.39. The normalized spacial score (nSPS) is 22.0. The zero-order valence-electron chi connectivity index (χ0n) is 17.5. The van der Waals surface area contributed by atoms with Gasteiger partial charge in [0.05, 0.1) is 24.9 Å². The van der Waals surface area contributed by atoms with Gasteiger partial charge in [-0.15, -0.1) is 0 Å². The van der Waals surface area contributed by atoms with E-state index in [9.17, 15) is 13.2 Å². The molecule has 0 saturated carbocycles. The summed E-state index contributed by atoms with van der Waals surface area (Å²) in [6, 6.07) is 5.15. The van der Waals surface area contributed by atoms with E-state index in [1.165, 1.54) is 6.26 Å². The smallest absolute Gasteiger partial charge is 0.238 e. The van der Waals surface area contributed by atoms with Crippen LogP contribution in [-0.2, 0) is 14.8 Å². The molecule has 0 atom stereocenters. The first-order valence-electron chi connectivity index (χ1n) is 9.78. The summed E-state index contributed by atoms with van der Waals surface area (Å²) in [5.74, 6) is 0.473. The predicted octanol–water partition coefficient (Wildman–Crippen LogP) is 2.81. The Labute approximate surface area is 178 Å². The average molecular weight is 444 g/mol. The van der Waals surface area contributed by atoms with Gasteiger partial charge in [0.25, 0.3) is 0 Å². The number of rotatable bonds is 5. The first-order valence-corrected chi connectivity index (χ1v) is 12.0. The molecule has 1 N–H and O–H groups in total. The van der Waals surface area contributed by atoms with E-state index in [1.54, 1.807) is 29.6 Å². The van der Waals surface area contributed by atoms with Crippen molar-refractivity contribution in [3.8, 4) is 5.75 Å².